The zero-order chi connectivity index (χ0) is 13.7. The van der Waals surface area contributed by atoms with Gasteiger partial charge >= 0.3 is 0 Å². The van der Waals surface area contributed by atoms with Crippen molar-refractivity contribution in [3.8, 4) is 0 Å². The minimum Gasteiger partial charge on any atom is -0.0993 e. The first-order valence-corrected chi connectivity index (χ1v) is 7.69. The summed E-state index contributed by atoms with van der Waals surface area (Å²) in [7, 11) is 0. The van der Waals surface area contributed by atoms with Gasteiger partial charge in [-0.15, -0.1) is 0 Å². The fraction of sp³-hybridized carbons (Fsp3) is 0.882. The Labute approximate surface area is 110 Å². The summed E-state index contributed by atoms with van der Waals surface area (Å²) in [5.74, 6) is 0.898. The summed E-state index contributed by atoms with van der Waals surface area (Å²) in [4.78, 5) is 0. The molecule has 0 amide bonds. The molecule has 0 N–H and O–H groups in total. The van der Waals surface area contributed by atoms with Gasteiger partial charge < -0.3 is 0 Å². The summed E-state index contributed by atoms with van der Waals surface area (Å²) < 4.78 is 0. The van der Waals surface area contributed by atoms with E-state index < -0.39 is 0 Å². The Morgan fingerprint density at radius 2 is 1.59 bits per heavy atom. The lowest BCUT2D eigenvalue weighted by Gasteiger charge is -2.49. The van der Waals surface area contributed by atoms with Crippen LogP contribution in [0.25, 0.3) is 0 Å². The minimum absolute atomic E-state index is 0.463. The molecule has 17 heavy (non-hydrogen) atoms. The molecule has 2 rings (SSSR count). The highest BCUT2D eigenvalue weighted by molar-refractivity contribution is 5.21. The van der Waals surface area contributed by atoms with Crippen LogP contribution >= 0.6 is 0 Å². The van der Waals surface area contributed by atoms with E-state index in [0.29, 0.717) is 10.8 Å². The Morgan fingerprint density at radius 3 is 2.06 bits per heavy atom. The van der Waals surface area contributed by atoms with E-state index >= 15 is 0 Å². The van der Waals surface area contributed by atoms with Crippen molar-refractivity contribution in [2.45, 2.75) is 80.6 Å². The largest absolute Gasteiger partial charge is 0.0993 e. The molecule has 0 aliphatic heterocycles. The molecule has 2 aliphatic rings. The van der Waals surface area contributed by atoms with Crippen LogP contribution in [-0.2, 0) is 0 Å². The SMILES string of the molecule is C=C1CCC[C@]2(C)C(C)CC[C@@]12C.CC.CC. The summed E-state index contributed by atoms with van der Waals surface area (Å²) in [6, 6.07) is 0. The van der Waals surface area contributed by atoms with Crippen molar-refractivity contribution in [3.63, 3.8) is 0 Å². The summed E-state index contributed by atoms with van der Waals surface area (Å²) in [6.07, 6.45) is 6.85. The lowest BCUT2D eigenvalue weighted by Crippen LogP contribution is -2.40. The Balaban J connectivity index is 0.000000581. The highest BCUT2D eigenvalue weighted by atomic mass is 14.6. The van der Waals surface area contributed by atoms with Gasteiger partial charge in [0.1, 0.15) is 0 Å². The number of hydrogen-bond acceptors (Lipinski definition) is 0. The predicted molar refractivity (Wildman–Crippen MR) is 80.3 cm³/mol. The molecule has 0 heteroatoms. The lowest BCUT2D eigenvalue weighted by molar-refractivity contribution is 0.0687. The van der Waals surface area contributed by atoms with Crippen molar-refractivity contribution in [1.82, 2.24) is 0 Å². The van der Waals surface area contributed by atoms with E-state index in [1.165, 1.54) is 37.7 Å². The van der Waals surface area contributed by atoms with Crippen molar-refractivity contribution >= 4 is 0 Å². The molecule has 0 radical (unpaired) electrons. The smallest absolute Gasteiger partial charge is 0.00627 e. The molecule has 2 fully saturated rings. The summed E-state index contributed by atoms with van der Waals surface area (Å²) in [5.41, 5.74) is 2.55. The molecular weight excluding hydrogens is 204 g/mol. The molecule has 1 unspecified atom stereocenters. The van der Waals surface area contributed by atoms with Crippen LogP contribution in [0.15, 0.2) is 12.2 Å². The van der Waals surface area contributed by atoms with Gasteiger partial charge in [-0.2, -0.15) is 0 Å². The van der Waals surface area contributed by atoms with Crippen LogP contribution in [0.4, 0.5) is 0 Å². The number of fused-ring (bicyclic) bond motifs is 1. The Kier molecular flexibility index (Phi) is 6.51. The second kappa shape index (κ2) is 6.61. The predicted octanol–water partition coefficient (Wildman–Crippen LogP) is 6.22. The van der Waals surface area contributed by atoms with Gasteiger partial charge in [0.05, 0.1) is 0 Å². The van der Waals surface area contributed by atoms with E-state index in [-0.39, 0.29) is 0 Å². The average molecular weight is 238 g/mol. The molecular formula is C17H34. The molecule has 0 aromatic rings. The minimum atomic E-state index is 0.463. The van der Waals surface area contributed by atoms with Crippen LogP contribution in [0.2, 0.25) is 0 Å². The summed E-state index contributed by atoms with van der Waals surface area (Å²) in [5, 5.41) is 0. The molecule has 0 bridgehead atoms. The second-order valence-corrected chi connectivity index (χ2v) is 5.65. The van der Waals surface area contributed by atoms with E-state index in [1.807, 2.05) is 27.7 Å². The number of allylic oxidation sites excluding steroid dienone is 1. The molecule has 0 nitrogen and oxygen atoms in total. The maximum atomic E-state index is 4.31. The molecule has 3 atom stereocenters. The first kappa shape index (κ1) is 16.7. The lowest BCUT2D eigenvalue weighted by atomic mass is 9.55. The summed E-state index contributed by atoms with van der Waals surface area (Å²) >= 11 is 0. The van der Waals surface area contributed by atoms with E-state index in [2.05, 4.69) is 27.4 Å². The van der Waals surface area contributed by atoms with Crippen molar-refractivity contribution in [2.24, 2.45) is 16.7 Å². The zero-order valence-electron chi connectivity index (χ0n) is 13.3. The van der Waals surface area contributed by atoms with Gasteiger partial charge in [-0.1, -0.05) is 60.6 Å². The first-order valence-electron chi connectivity index (χ1n) is 7.69. The van der Waals surface area contributed by atoms with Gasteiger partial charge in [0.2, 0.25) is 0 Å². The summed E-state index contributed by atoms with van der Waals surface area (Å²) in [6.45, 7) is 19.7. The standard InChI is InChI=1S/C13H22.2C2H6/c1-10-6-5-8-12(3)11(2)7-9-13(10,12)4;2*1-2/h11H,1,5-9H2,2-4H3;2*1-2H3/t11?,12-,13+;;/m1../s1. The maximum Gasteiger partial charge on any atom is -0.00627 e. The van der Waals surface area contributed by atoms with Gasteiger partial charge in [0.15, 0.2) is 0 Å². The van der Waals surface area contributed by atoms with Crippen LogP contribution in [0.5, 0.6) is 0 Å². The van der Waals surface area contributed by atoms with Crippen molar-refractivity contribution in [2.75, 3.05) is 0 Å². The van der Waals surface area contributed by atoms with Crippen molar-refractivity contribution in [1.29, 1.82) is 0 Å². The number of hydrogen-bond donors (Lipinski definition) is 0. The van der Waals surface area contributed by atoms with Crippen LogP contribution in [0.3, 0.4) is 0 Å². The quantitative estimate of drug-likeness (QED) is 0.439. The fourth-order valence-electron chi connectivity index (χ4n) is 3.70. The molecule has 2 saturated carbocycles. The highest BCUT2D eigenvalue weighted by Gasteiger charge is 2.54. The fourth-order valence-corrected chi connectivity index (χ4v) is 3.70. The number of rotatable bonds is 0. The Hall–Kier alpha value is -0.260. The third kappa shape index (κ3) is 2.61. The maximum absolute atomic E-state index is 4.31. The van der Waals surface area contributed by atoms with E-state index in [9.17, 15) is 0 Å². The molecule has 2 aliphatic carbocycles. The van der Waals surface area contributed by atoms with Gasteiger partial charge in [-0.05, 0) is 48.9 Å². The molecule has 102 valence electrons. The Morgan fingerprint density at radius 1 is 1.06 bits per heavy atom. The average Bonchev–Trinajstić information content (AvgIpc) is 2.61. The van der Waals surface area contributed by atoms with Crippen molar-refractivity contribution < 1.29 is 0 Å². The second-order valence-electron chi connectivity index (χ2n) is 5.65. The van der Waals surface area contributed by atoms with Crippen LogP contribution < -0.4 is 0 Å². The van der Waals surface area contributed by atoms with E-state index in [1.54, 1.807) is 0 Å². The highest BCUT2D eigenvalue weighted by Crippen LogP contribution is 2.64. The topological polar surface area (TPSA) is 0 Å². The Bertz CT molecular complexity index is 240. The molecule has 0 aromatic heterocycles. The van der Waals surface area contributed by atoms with Gasteiger partial charge in [-0.25, -0.2) is 0 Å². The molecule has 0 spiro atoms. The molecule has 0 aromatic carbocycles. The monoisotopic (exact) mass is 238 g/mol. The van der Waals surface area contributed by atoms with Crippen LogP contribution in [-0.4, -0.2) is 0 Å². The van der Waals surface area contributed by atoms with Crippen LogP contribution in [0.1, 0.15) is 80.6 Å². The van der Waals surface area contributed by atoms with Crippen molar-refractivity contribution in [3.05, 3.63) is 12.2 Å². The van der Waals surface area contributed by atoms with Gasteiger partial charge in [-0.3, -0.25) is 0 Å². The third-order valence-corrected chi connectivity index (χ3v) is 5.38. The van der Waals surface area contributed by atoms with E-state index in [4.69, 9.17) is 0 Å². The van der Waals surface area contributed by atoms with Crippen LogP contribution in [0, 0.1) is 16.7 Å². The first-order chi connectivity index (χ1) is 8.01. The van der Waals surface area contributed by atoms with Gasteiger partial charge in [0.25, 0.3) is 0 Å². The van der Waals surface area contributed by atoms with Gasteiger partial charge in [0, 0.05) is 0 Å². The molecule has 0 heterocycles. The molecule has 0 saturated heterocycles. The van der Waals surface area contributed by atoms with E-state index in [0.717, 1.165) is 5.92 Å². The normalized spacial score (nSPS) is 39.5. The zero-order valence-corrected chi connectivity index (χ0v) is 13.3. The third-order valence-electron chi connectivity index (χ3n) is 5.38.